The van der Waals surface area contributed by atoms with Crippen LogP contribution < -0.4 is 5.32 Å². The summed E-state index contributed by atoms with van der Waals surface area (Å²) in [6, 6.07) is 6.49. The molecule has 2 N–H and O–H groups in total. The van der Waals surface area contributed by atoms with E-state index < -0.39 is 23.4 Å². The molecule has 0 saturated heterocycles. The third-order valence-electron chi connectivity index (χ3n) is 2.80. The van der Waals surface area contributed by atoms with Crippen molar-refractivity contribution in [2.45, 2.75) is 0 Å². The van der Waals surface area contributed by atoms with Crippen LogP contribution in [0.3, 0.4) is 0 Å². The molecular formula is C11H7N5O3. The summed E-state index contributed by atoms with van der Waals surface area (Å²) in [5.74, 6) is -3.77. The Morgan fingerprint density at radius 3 is 2.74 bits per heavy atom. The lowest BCUT2D eigenvalue weighted by Crippen LogP contribution is -2.40. The van der Waals surface area contributed by atoms with Gasteiger partial charge in [0, 0.05) is 5.56 Å². The first-order valence-corrected chi connectivity index (χ1v) is 5.40. The van der Waals surface area contributed by atoms with E-state index in [2.05, 4.69) is 25.9 Å². The zero-order valence-corrected chi connectivity index (χ0v) is 9.45. The molecule has 1 aromatic carbocycles. The summed E-state index contributed by atoms with van der Waals surface area (Å²) in [4.78, 5) is 36.1. The molecule has 2 aromatic rings. The zero-order chi connectivity index (χ0) is 13.4. The summed E-state index contributed by atoms with van der Waals surface area (Å²) in [6.45, 7) is 0. The first-order chi connectivity index (χ1) is 9.18. The van der Waals surface area contributed by atoms with Gasteiger partial charge in [0.05, 0.1) is 5.69 Å². The van der Waals surface area contributed by atoms with Crippen molar-refractivity contribution in [3.63, 3.8) is 0 Å². The van der Waals surface area contributed by atoms with Gasteiger partial charge in [-0.3, -0.25) is 14.4 Å². The van der Waals surface area contributed by atoms with Crippen LogP contribution in [0, 0.1) is 5.92 Å². The van der Waals surface area contributed by atoms with Crippen molar-refractivity contribution in [1.29, 1.82) is 0 Å². The van der Waals surface area contributed by atoms with E-state index in [-0.39, 0.29) is 5.82 Å². The van der Waals surface area contributed by atoms with Gasteiger partial charge >= 0.3 is 0 Å². The van der Waals surface area contributed by atoms with Gasteiger partial charge in [0.2, 0.25) is 17.5 Å². The minimum Gasteiger partial charge on any atom is -0.324 e. The number of H-pyrrole nitrogens is 1. The molecule has 8 heteroatoms. The van der Waals surface area contributed by atoms with Crippen molar-refractivity contribution in [1.82, 2.24) is 20.6 Å². The molecule has 2 heterocycles. The SMILES string of the molecule is O=C1Nc2ccccc2C(=O)C1C(=O)c1nn[nH]n1. The number of rotatable bonds is 2. The smallest absolute Gasteiger partial charge is 0.243 e. The van der Waals surface area contributed by atoms with Gasteiger partial charge in [-0.25, -0.2) is 0 Å². The van der Waals surface area contributed by atoms with Gasteiger partial charge < -0.3 is 5.32 Å². The number of para-hydroxylation sites is 1. The molecule has 1 atom stereocenters. The van der Waals surface area contributed by atoms with Crippen LogP contribution in [0.25, 0.3) is 0 Å². The summed E-state index contributed by atoms with van der Waals surface area (Å²) in [6.07, 6.45) is 0. The first-order valence-electron chi connectivity index (χ1n) is 5.40. The Hall–Kier alpha value is -2.90. The highest BCUT2D eigenvalue weighted by Gasteiger charge is 2.41. The number of tetrazole rings is 1. The van der Waals surface area contributed by atoms with E-state index >= 15 is 0 Å². The molecule has 1 aromatic heterocycles. The standard InChI is InChI=1S/C11H7N5O3/c17-8-5-3-1-2-4-6(5)12-11(19)7(8)9(18)10-13-15-16-14-10/h1-4,7H,(H,12,19)(H,13,14,15,16). The average Bonchev–Trinajstić information content (AvgIpc) is 2.92. The number of Topliss-reactive ketones (excluding diaryl/α,β-unsaturated/α-hetero) is 2. The number of hydrogen-bond donors (Lipinski definition) is 2. The van der Waals surface area contributed by atoms with E-state index in [0.717, 1.165) is 0 Å². The predicted molar refractivity (Wildman–Crippen MR) is 61.4 cm³/mol. The molecule has 0 fully saturated rings. The fourth-order valence-electron chi connectivity index (χ4n) is 1.92. The largest absolute Gasteiger partial charge is 0.324 e. The van der Waals surface area contributed by atoms with Crippen LogP contribution in [0.5, 0.6) is 0 Å². The summed E-state index contributed by atoms with van der Waals surface area (Å²) < 4.78 is 0. The number of aromatic amines is 1. The van der Waals surface area contributed by atoms with Gasteiger partial charge in [0.1, 0.15) is 0 Å². The van der Waals surface area contributed by atoms with E-state index in [1.807, 2.05) is 0 Å². The van der Waals surface area contributed by atoms with E-state index in [0.29, 0.717) is 11.3 Å². The Labute approximate surface area is 106 Å². The van der Waals surface area contributed by atoms with Gasteiger partial charge in [0.25, 0.3) is 0 Å². The highest BCUT2D eigenvalue weighted by Crippen LogP contribution is 2.26. The molecule has 1 unspecified atom stereocenters. The minimum atomic E-state index is -1.47. The number of carbonyl (C=O) groups is 3. The number of benzene rings is 1. The average molecular weight is 257 g/mol. The number of fused-ring (bicyclic) bond motifs is 1. The Kier molecular flexibility index (Phi) is 2.41. The van der Waals surface area contributed by atoms with Gasteiger partial charge in [-0.05, 0) is 17.3 Å². The summed E-state index contributed by atoms with van der Waals surface area (Å²) in [5.41, 5.74) is 0.693. The molecule has 0 radical (unpaired) electrons. The third kappa shape index (κ3) is 1.69. The van der Waals surface area contributed by atoms with Crippen molar-refractivity contribution >= 4 is 23.2 Å². The fraction of sp³-hybridized carbons (Fsp3) is 0.0909. The fourth-order valence-corrected chi connectivity index (χ4v) is 1.92. The number of carbonyl (C=O) groups excluding carboxylic acids is 3. The van der Waals surface area contributed by atoms with E-state index in [4.69, 9.17) is 0 Å². The van der Waals surface area contributed by atoms with Gasteiger partial charge in [0.15, 0.2) is 11.7 Å². The van der Waals surface area contributed by atoms with E-state index in [1.165, 1.54) is 0 Å². The van der Waals surface area contributed by atoms with Crippen LogP contribution in [0.2, 0.25) is 0 Å². The summed E-state index contributed by atoms with van der Waals surface area (Å²) in [7, 11) is 0. The lowest BCUT2D eigenvalue weighted by molar-refractivity contribution is -0.117. The Morgan fingerprint density at radius 1 is 1.21 bits per heavy atom. The van der Waals surface area contributed by atoms with Crippen LogP contribution >= 0.6 is 0 Å². The third-order valence-corrected chi connectivity index (χ3v) is 2.80. The second kappa shape index (κ2) is 4.09. The van der Waals surface area contributed by atoms with Crippen LogP contribution in [0.15, 0.2) is 24.3 Å². The van der Waals surface area contributed by atoms with E-state index in [1.54, 1.807) is 24.3 Å². The quantitative estimate of drug-likeness (QED) is 0.569. The second-order valence-corrected chi connectivity index (χ2v) is 3.93. The number of hydrogen-bond acceptors (Lipinski definition) is 6. The maximum absolute atomic E-state index is 12.2. The maximum Gasteiger partial charge on any atom is 0.243 e. The monoisotopic (exact) mass is 257 g/mol. The molecule has 8 nitrogen and oxygen atoms in total. The van der Waals surface area contributed by atoms with Crippen molar-refractivity contribution in [3.05, 3.63) is 35.7 Å². The first kappa shape index (κ1) is 11.2. The number of nitrogens with one attached hydrogen (secondary N) is 2. The number of anilines is 1. The summed E-state index contributed by atoms with van der Waals surface area (Å²) in [5, 5.41) is 14.8. The maximum atomic E-state index is 12.2. The summed E-state index contributed by atoms with van der Waals surface area (Å²) >= 11 is 0. The van der Waals surface area contributed by atoms with E-state index in [9.17, 15) is 14.4 Å². The number of amides is 1. The minimum absolute atomic E-state index is 0.284. The number of nitrogens with zero attached hydrogens (tertiary/aromatic N) is 3. The molecule has 0 bridgehead atoms. The normalized spacial score (nSPS) is 17.8. The Morgan fingerprint density at radius 2 is 2.00 bits per heavy atom. The van der Waals surface area contributed by atoms with Crippen molar-refractivity contribution in [3.8, 4) is 0 Å². The van der Waals surface area contributed by atoms with Crippen molar-refractivity contribution in [2.75, 3.05) is 5.32 Å². The molecule has 0 aliphatic carbocycles. The highest BCUT2D eigenvalue weighted by molar-refractivity contribution is 6.32. The molecule has 94 valence electrons. The Bertz CT molecular complexity index is 679. The number of ketones is 2. The Balaban J connectivity index is 2.03. The van der Waals surface area contributed by atoms with Crippen LogP contribution in [-0.4, -0.2) is 38.1 Å². The lowest BCUT2D eigenvalue weighted by atomic mass is 9.88. The molecule has 1 aliphatic heterocycles. The molecule has 0 saturated carbocycles. The van der Waals surface area contributed by atoms with Gasteiger partial charge in [-0.1, -0.05) is 12.1 Å². The molecule has 0 spiro atoms. The van der Waals surface area contributed by atoms with Gasteiger partial charge in [-0.2, -0.15) is 5.21 Å². The molecule has 1 amide bonds. The highest BCUT2D eigenvalue weighted by atomic mass is 16.2. The van der Waals surface area contributed by atoms with Gasteiger partial charge in [-0.15, -0.1) is 10.2 Å². The van der Waals surface area contributed by atoms with Crippen LogP contribution in [-0.2, 0) is 4.79 Å². The van der Waals surface area contributed by atoms with Crippen molar-refractivity contribution < 1.29 is 14.4 Å². The lowest BCUT2D eigenvalue weighted by Gasteiger charge is -2.21. The second-order valence-electron chi connectivity index (χ2n) is 3.93. The predicted octanol–water partition coefficient (Wildman–Crippen LogP) is -0.166. The van der Waals surface area contributed by atoms with Crippen molar-refractivity contribution in [2.24, 2.45) is 5.92 Å². The molecule has 3 rings (SSSR count). The molecule has 19 heavy (non-hydrogen) atoms. The molecule has 1 aliphatic rings. The zero-order valence-electron chi connectivity index (χ0n) is 9.45. The number of aromatic nitrogens is 4. The topological polar surface area (TPSA) is 118 Å². The van der Waals surface area contributed by atoms with Crippen LogP contribution in [0.1, 0.15) is 21.0 Å². The molecular weight excluding hydrogens is 250 g/mol. The van der Waals surface area contributed by atoms with Crippen LogP contribution in [0.4, 0.5) is 5.69 Å².